The van der Waals surface area contributed by atoms with Crippen molar-refractivity contribution in [3.63, 3.8) is 0 Å². The Kier molecular flexibility index (Phi) is 3.63. The number of nitrogens with zero attached hydrogens (tertiary/aromatic N) is 1. The summed E-state index contributed by atoms with van der Waals surface area (Å²) in [6.07, 6.45) is 0. The Morgan fingerprint density at radius 2 is 1.90 bits per heavy atom. The molecular weight excluding hydrogens is 281 g/mol. The molecule has 0 aliphatic heterocycles. The Bertz CT molecular complexity index is 740. The van der Waals surface area contributed by atoms with E-state index in [4.69, 9.17) is 5.73 Å². The van der Waals surface area contributed by atoms with Crippen LogP contribution in [0.3, 0.4) is 0 Å². The molecule has 7 heteroatoms. The van der Waals surface area contributed by atoms with Crippen LogP contribution < -0.4 is 10.5 Å². The lowest BCUT2D eigenvalue weighted by Crippen LogP contribution is -2.16. The number of nitrogen functional groups attached to an aromatic ring is 1. The highest BCUT2D eigenvalue weighted by Gasteiger charge is 2.18. The van der Waals surface area contributed by atoms with Crippen LogP contribution in [0.1, 0.15) is 11.3 Å². The molecule has 0 saturated carbocycles. The topological polar surface area (TPSA) is 85.1 Å². The van der Waals surface area contributed by atoms with Crippen molar-refractivity contribution in [3.05, 3.63) is 47.4 Å². The lowest BCUT2D eigenvalue weighted by atomic mass is 10.2. The molecule has 0 atom stereocenters. The van der Waals surface area contributed by atoms with Crippen molar-refractivity contribution in [2.45, 2.75) is 18.7 Å². The second-order valence-electron chi connectivity index (χ2n) is 4.46. The van der Waals surface area contributed by atoms with Gasteiger partial charge in [0.05, 0.1) is 5.69 Å². The van der Waals surface area contributed by atoms with Gasteiger partial charge in [-0.2, -0.15) is 0 Å². The number of anilines is 2. The molecule has 0 aliphatic rings. The predicted molar refractivity (Wildman–Crippen MR) is 75.3 cm³/mol. The summed E-state index contributed by atoms with van der Waals surface area (Å²) in [4.78, 5) is 3.91. The van der Waals surface area contributed by atoms with Gasteiger partial charge in [0.1, 0.15) is 16.5 Å². The molecule has 2 rings (SSSR count). The molecule has 1 aromatic heterocycles. The summed E-state index contributed by atoms with van der Waals surface area (Å²) in [6, 6.07) is 6.55. The summed E-state index contributed by atoms with van der Waals surface area (Å²) in [5.41, 5.74) is 6.96. The van der Waals surface area contributed by atoms with Crippen LogP contribution in [0.5, 0.6) is 0 Å². The van der Waals surface area contributed by atoms with Crippen LogP contribution in [0.2, 0.25) is 0 Å². The maximum absolute atomic E-state index is 13.0. The third-order valence-corrected chi connectivity index (χ3v) is 4.03. The van der Waals surface area contributed by atoms with Gasteiger partial charge in [-0.15, -0.1) is 0 Å². The number of pyridine rings is 1. The molecule has 0 spiro atoms. The first-order valence-electron chi connectivity index (χ1n) is 5.81. The normalized spacial score (nSPS) is 11.3. The van der Waals surface area contributed by atoms with Gasteiger partial charge in [0, 0.05) is 5.69 Å². The van der Waals surface area contributed by atoms with Gasteiger partial charge in [-0.25, -0.2) is 17.8 Å². The molecule has 20 heavy (non-hydrogen) atoms. The monoisotopic (exact) mass is 295 g/mol. The smallest absolute Gasteiger partial charge is 0.265 e. The minimum atomic E-state index is -3.90. The summed E-state index contributed by atoms with van der Waals surface area (Å²) in [5, 5.41) is 0. The molecule has 0 aliphatic carbocycles. The second kappa shape index (κ2) is 5.09. The van der Waals surface area contributed by atoms with E-state index in [0.717, 1.165) is 23.8 Å². The minimum Gasteiger partial charge on any atom is -0.398 e. The summed E-state index contributed by atoms with van der Waals surface area (Å²) < 4.78 is 39.7. The van der Waals surface area contributed by atoms with Gasteiger partial charge < -0.3 is 5.73 Å². The first-order chi connectivity index (χ1) is 9.28. The SMILES string of the molecule is Cc1cc(C)nc(NS(=O)(=O)c2ccc(F)cc2N)c1. The third-order valence-electron chi connectivity index (χ3n) is 2.60. The van der Waals surface area contributed by atoms with E-state index in [1.54, 1.807) is 13.0 Å². The zero-order valence-corrected chi connectivity index (χ0v) is 11.8. The molecule has 0 radical (unpaired) electrons. The lowest BCUT2D eigenvalue weighted by molar-refractivity contribution is 0.600. The highest BCUT2D eigenvalue weighted by atomic mass is 32.2. The van der Waals surface area contributed by atoms with Gasteiger partial charge in [-0.1, -0.05) is 0 Å². The van der Waals surface area contributed by atoms with Crippen molar-refractivity contribution in [1.29, 1.82) is 0 Å². The highest BCUT2D eigenvalue weighted by molar-refractivity contribution is 7.92. The molecular formula is C13H14FN3O2S. The van der Waals surface area contributed by atoms with E-state index in [2.05, 4.69) is 9.71 Å². The van der Waals surface area contributed by atoms with Crippen LogP contribution in [-0.2, 0) is 10.0 Å². The Morgan fingerprint density at radius 1 is 1.20 bits per heavy atom. The molecule has 0 fully saturated rings. The zero-order chi connectivity index (χ0) is 14.9. The van der Waals surface area contributed by atoms with Crippen molar-refractivity contribution in [2.24, 2.45) is 0 Å². The molecule has 1 aromatic carbocycles. The Balaban J connectivity index is 2.40. The zero-order valence-electron chi connectivity index (χ0n) is 11.0. The maximum Gasteiger partial charge on any atom is 0.265 e. The van der Waals surface area contributed by atoms with Crippen molar-refractivity contribution in [1.82, 2.24) is 4.98 Å². The largest absolute Gasteiger partial charge is 0.398 e. The van der Waals surface area contributed by atoms with Gasteiger partial charge in [0.2, 0.25) is 0 Å². The summed E-state index contributed by atoms with van der Waals surface area (Å²) in [6.45, 7) is 3.59. The van der Waals surface area contributed by atoms with Gasteiger partial charge in [0.25, 0.3) is 10.0 Å². The first-order valence-corrected chi connectivity index (χ1v) is 7.29. The van der Waals surface area contributed by atoms with Crippen LogP contribution in [0, 0.1) is 19.7 Å². The summed E-state index contributed by atoms with van der Waals surface area (Å²) in [7, 11) is -3.90. The van der Waals surface area contributed by atoms with Crippen LogP contribution in [0.15, 0.2) is 35.2 Å². The Hall–Kier alpha value is -2.15. The van der Waals surface area contributed by atoms with Crippen LogP contribution in [0.25, 0.3) is 0 Å². The van der Waals surface area contributed by atoms with Gasteiger partial charge in [-0.3, -0.25) is 4.72 Å². The van der Waals surface area contributed by atoms with Gasteiger partial charge in [-0.05, 0) is 49.7 Å². The fourth-order valence-corrected chi connectivity index (χ4v) is 2.96. The number of halogens is 1. The average Bonchev–Trinajstić information content (AvgIpc) is 2.25. The summed E-state index contributed by atoms with van der Waals surface area (Å²) in [5.74, 6) is -0.391. The van der Waals surface area contributed by atoms with E-state index in [1.165, 1.54) is 0 Å². The maximum atomic E-state index is 13.0. The molecule has 0 amide bonds. The van der Waals surface area contributed by atoms with Crippen LogP contribution >= 0.6 is 0 Å². The summed E-state index contributed by atoms with van der Waals surface area (Å²) >= 11 is 0. The number of nitrogens with two attached hydrogens (primary N) is 1. The Labute approximate surface area is 116 Å². The fraction of sp³-hybridized carbons (Fsp3) is 0.154. The second-order valence-corrected chi connectivity index (χ2v) is 6.11. The molecule has 3 N–H and O–H groups in total. The molecule has 2 aromatic rings. The minimum absolute atomic E-state index is 0.151. The van der Waals surface area contributed by atoms with E-state index in [9.17, 15) is 12.8 Å². The van der Waals surface area contributed by atoms with E-state index in [1.807, 2.05) is 13.0 Å². The Morgan fingerprint density at radius 3 is 2.50 bits per heavy atom. The molecule has 5 nitrogen and oxygen atoms in total. The predicted octanol–water partition coefficient (Wildman–Crippen LogP) is 2.22. The lowest BCUT2D eigenvalue weighted by Gasteiger charge is -2.10. The number of sulfonamides is 1. The van der Waals surface area contributed by atoms with E-state index < -0.39 is 15.8 Å². The van der Waals surface area contributed by atoms with Crippen LogP contribution in [0.4, 0.5) is 15.9 Å². The number of benzene rings is 1. The number of aromatic nitrogens is 1. The fourth-order valence-electron chi connectivity index (χ4n) is 1.85. The van der Waals surface area contributed by atoms with E-state index in [0.29, 0.717) is 5.69 Å². The van der Waals surface area contributed by atoms with Crippen LogP contribution in [-0.4, -0.2) is 13.4 Å². The number of hydrogen-bond acceptors (Lipinski definition) is 4. The molecule has 0 bridgehead atoms. The number of aryl methyl sites for hydroxylation is 2. The number of rotatable bonds is 3. The molecule has 106 valence electrons. The number of hydrogen-bond donors (Lipinski definition) is 2. The van der Waals surface area contributed by atoms with Crippen molar-refractivity contribution >= 4 is 21.5 Å². The quantitative estimate of drug-likeness (QED) is 0.850. The van der Waals surface area contributed by atoms with Crippen molar-refractivity contribution < 1.29 is 12.8 Å². The molecule has 0 saturated heterocycles. The van der Waals surface area contributed by atoms with E-state index >= 15 is 0 Å². The van der Waals surface area contributed by atoms with E-state index in [-0.39, 0.29) is 16.4 Å². The molecule has 0 unspecified atom stereocenters. The highest BCUT2D eigenvalue weighted by Crippen LogP contribution is 2.22. The van der Waals surface area contributed by atoms with Gasteiger partial charge >= 0.3 is 0 Å². The van der Waals surface area contributed by atoms with Crippen molar-refractivity contribution in [3.8, 4) is 0 Å². The van der Waals surface area contributed by atoms with Crippen molar-refractivity contribution in [2.75, 3.05) is 10.5 Å². The third kappa shape index (κ3) is 3.05. The molecule has 1 heterocycles. The first kappa shape index (κ1) is 14.3. The average molecular weight is 295 g/mol. The number of nitrogens with one attached hydrogen (secondary N) is 1. The van der Waals surface area contributed by atoms with Gasteiger partial charge in [0.15, 0.2) is 0 Å². The standard InChI is InChI=1S/C13H14FN3O2S/c1-8-5-9(2)16-13(6-8)17-20(18,19)12-4-3-10(14)7-11(12)15/h3-7H,15H2,1-2H3,(H,16,17).